The van der Waals surface area contributed by atoms with Crippen LogP contribution in [0.5, 0.6) is 5.75 Å². The minimum absolute atomic E-state index is 0.127. The number of aromatic amines is 1. The number of nitrogens with zero attached hydrogens (tertiary/aromatic N) is 2. The Bertz CT molecular complexity index is 1720. The van der Waals surface area contributed by atoms with E-state index < -0.39 is 0 Å². The Balaban J connectivity index is 1.15. The number of hydrogen-bond acceptors (Lipinski definition) is 4. The Labute approximate surface area is 228 Å². The zero-order chi connectivity index (χ0) is 26.8. The summed E-state index contributed by atoms with van der Waals surface area (Å²) >= 11 is 0. The van der Waals surface area contributed by atoms with Crippen molar-refractivity contribution in [1.29, 1.82) is 0 Å². The van der Waals surface area contributed by atoms with Gasteiger partial charge < -0.3 is 26.3 Å². The average molecular weight is 521 g/mol. The molecule has 6 rings (SSSR count). The maximum absolute atomic E-state index is 6.11. The SMILES string of the molecule is COc1ccc2[nH]cc(CCNn3cc(CCNn4cc(CC(C)N)c5ccccc54)c4ccccc43)c2c1. The number of methoxy groups -OCH3 is 1. The molecule has 0 saturated heterocycles. The van der Waals surface area contributed by atoms with E-state index in [9.17, 15) is 0 Å². The number of rotatable bonds is 11. The predicted molar refractivity (Wildman–Crippen MR) is 162 cm³/mol. The second-order valence-electron chi connectivity index (χ2n) is 10.3. The van der Waals surface area contributed by atoms with Crippen LogP contribution in [0, 0.1) is 0 Å². The van der Waals surface area contributed by atoms with Gasteiger partial charge in [0.1, 0.15) is 5.75 Å². The van der Waals surface area contributed by atoms with Crippen molar-refractivity contribution < 1.29 is 4.74 Å². The van der Waals surface area contributed by atoms with Crippen molar-refractivity contribution in [3.05, 3.63) is 102 Å². The standard InChI is InChI=1S/C32H36N6O/c1-22(33)17-25-21-38(32-10-6-4-8-28(25)32)36-16-14-24-20-37(31-9-5-3-7-27(24)31)35-15-13-23-19-34-30-12-11-26(39-2)18-29(23)30/h3-12,18-22,34-36H,13-17,33H2,1-2H3. The van der Waals surface area contributed by atoms with E-state index in [2.05, 4.69) is 111 Å². The Kier molecular flexibility index (Phi) is 6.90. The van der Waals surface area contributed by atoms with Gasteiger partial charge >= 0.3 is 0 Å². The maximum Gasteiger partial charge on any atom is 0.119 e. The number of benzene rings is 3. The van der Waals surface area contributed by atoms with Gasteiger partial charge in [0.15, 0.2) is 0 Å². The summed E-state index contributed by atoms with van der Waals surface area (Å²) in [5, 5.41) is 3.75. The largest absolute Gasteiger partial charge is 0.497 e. The minimum Gasteiger partial charge on any atom is -0.497 e. The van der Waals surface area contributed by atoms with Gasteiger partial charge in [0.2, 0.25) is 0 Å². The zero-order valence-electron chi connectivity index (χ0n) is 22.6. The molecule has 0 aliphatic rings. The molecule has 0 bridgehead atoms. The number of nitrogens with one attached hydrogen (secondary N) is 3. The van der Waals surface area contributed by atoms with Gasteiger partial charge in [-0.3, -0.25) is 9.35 Å². The lowest BCUT2D eigenvalue weighted by atomic mass is 10.1. The van der Waals surface area contributed by atoms with Gasteiger partial charge in [-0.25, -0.2) is 0 Å². The molecule has 3 aromatic heterocycles. The molecular weight excluding hydrogens is 484 g/mol. The van der Waals surface area contributed by atoms with Gasteiger partial charge in [-0.15, -0.1) is 0 Å². The Morgan fingerprint density at radius 3 is 2.08 bits per heavy atom. The maximum atomic E-state index is 6.11. The molecule has 3 aromatic carbocycles. The van der Waals surface area contributed by atoms with Gasteiger partial charge in [0.05, 0.1) is 18.1 Å². The molecular formula is C32H36N6O. The van der Waals surface area contributed by atoms with E-state index >= 15 is 0 Å². The van der Waals surface area contributed by atoms with Crippen LogP contribution >= 0.6 is 0 Å². The quantitative estimate of drug-likeness (QED) is 0.181. The van der Waals surface area contributed by atoms with Gasteiger partial charge in [0.25, 0.3) is 0 Å². The van der Waals surface area contributed by atoms with Crippen LogP contribution in [0.4, 0.5) is 0 Å². The number of H-pyrrole nitrogens is 1. The van der Waals surface area contributed by atoms with Crippen molar-refractivity contribution in [2.75, 3.05) is 31.1 Å². The van der Waals surface area contributed by atoms with Crippen LogP contribution in [0.25, 0.3) is 32.7 Å². The van der Waals surface area contributed by atoms with E-state index in [-0.39, 0.29) is 6.04 Å². The van der Waals surface area contributed by atoms with E-state index in [1.165, 1.54) is 43.9 Å². The molecule has 0 spiro atoms. The molecule has 0 amide bonds. The third-order valence-electron chi connectivity index (χ3n) is 7.46. The van der Waals surface area contributed by atoms with Crippen LogP contribution in [0.1, 0.15) is 23.6 Å². The minimum atomic E-state index is 0.127. The molecule has 0 aliphatic carbocycles. The number of fused-ring (bicyclic) bond motifs is 3. The molecule has 1 unspecified atom stereocenters. The molecule has 7 nitrogen and oxygen atoms in total. The summed E-state index contributed by atoms with van der Waals surface area (Å²) in [6.45, 7) is 3.70. The van der Waals surface area contributed by atoms with E-state index in [0.717, 1.165) is 43.6 Å². The van der Waals surface area contributed by atoms with Crippen LogP contribution in [0.2, 0.25) is 0 Å². The molecule has 6 aromatic rings. The Hall–Kier alpha value is -4.36. The molecule has 5 N–H and O–H groups in total. The highest BCUT2D eigenvalue weighted by molar-refractivity contribution is 5.86. The lowest BCUT2D eigenvalue weighted by Crippen LogP contribution is -2.18. The Morgan fingerprint density at radius 2 is 1.41 bits per heavy atom. The van der Waals surface area contributed by atoms with Crippen LogP contribution in [-0.2, 0) is 19.3 Å². The molecule has 1 atom stereocenters. The first kappa shape index (κ1) is 24.9. The van der Waals surface area contributed by atoms with Crippen LogP contribution in [0.3, 0.4) is 0 Å². The molecule has 0 aliphatic heterocycles. The monoisotopic (exact) mass is 520 g/mol. The summed E-state index contributed by atoms with van der Waals surface area (Å²) < 4.78 is 9.75. The van der Waals surface area contributed by atoms with Gasteiger partial charge in [0, 0.05) is 59.4 Å². The summed E-state index contributed by atoms with van der Waals surface area (Å²) in [5.41, 5.74) is 20.7. The molecule has 39 heavy (non-hydrogen) atoms. The second-order valence-corrected chi connectivity index (χ2v) is 10.3. The van der Waals surface area contributed by atoms with Gasteiger partial charge in [-0.1, -0.05) is 36.4 Å². The fourth-order valence-electron chi connectivity index (χ4n) is 5.58. The lowest BCUT2D eigenvalue weighted by Gasteiger charge is -2.09. The number of nitrogens with two attached hydrogens (primary N) is 1. The predicted octanol–water partition coefficient (Wildman–Crippen LogP) is 5.55. The van der Waals surface area contributed by atoms with Crippen molar-refractivity contribution in [1.82, 2.24) is 14.3 Å². The van der Waals surface area contributed by atoms with Crippen LogP contribution in [0.15, 0.2) is 85.3 Å². The highest BCUT2D eigenvalue weighted by Gasteiger charge is 2.12. The normalized spacial score (nSPS) is 12.4. The molecule has 7 heteroatoms. The van der Waals surface area contributed by atoms with E-state index in [1.807, 2.05) is 6.07 Å². The first-order chi connectivity index (χ1) is 19.1. The molecule has 3 heterocycles. The average Bonchev–Trinajstić information content (AvgIpc) is 3.63. The summed E-state index contributed by atoms with van der Waals surface area (Å²) in [5.74, 6) is 0.879. The Morgan fingerprint density at radius 1 is 0.795 bits per heavy atom. The second kappa shape index (κ2) is 10.8. The lowest BCUT2D eigenvalue weighted by molar-refractivity contribution is 0.415. The van der Waals surface area contributed by atoms with Crippen LogP contribution < -0.4 is 21.3 Å². The fraction of sp³-hybridized carbons (Fsp3) is 0.250. The third kappa shape index (κ3) is 5.05. The number of ether oxygens (including phenoxy) is 1. The summed E-state index contributed by atoms with van der Waals surface area (Å²) in [4.78, 5) is 3.37. The molecule has 0 fully saturated rings. The zero-order valence-corrected chi connectivity index (χ0v) is 22.6. The number of hydrogen-bond donors (Lipinski definition) is 4. The first-order valence-electron chi connectivity index (χ1n) is 13.7. The highest BCUT2D eigenvalue weighted by Crippen LogP contribution is 2.25. The topological polar surface area (TPSA) is 85.0 Å². The van der Waals surface area contributed by atoms with Gasteiger partial charge in [-0.2, -0.15) is 0 Å². The van der Waals surface area contributed by atoms with Crippen molar-refractivity contribution in [2.24, 2.45) is 5.73 Å². The molecule has 0 saturated carbocycles. The summed E-state index contributed by atoms with van der Waals surface area (Å²) in [6.07, 6.45) is 9.20. The van der Waals surface area contributed by atoms with Crippen molar-refractivity contribution >= 4 is 32.7 Å². The number of para-hydroxylation sites is 2. The highest BCUT2D eigenvalue weighted by atomic mass is 16.5. The van der Waals surface area contributed by atoms with E-state index in [1.54, 1.807) is 7.11 Å². The van der Waals surface area contributed by atoms with Crippen molar-refractivity contribution in [3.8, 4) is 5.75 Å². The van der Waals surface area contributed by atoms with E-state index in [0.29, 0.717) is 0 Å². The fourth-order valence-corrected chi connectivity index (χ4v) is 5.58. The summed E-state index contributed by atoms with van der Waals surface area (Å²) in [6, 6.07) is 23.4. The van der Waals surface area contributed by atoms with Crippen molar-refractivity contribution in [2.45, 2.75) is 32.2 Å². The molecule has 0 radical (unpaired) electrons. The first-order valence-corrected chi connectivity index (χ1v) is 13.7. The van der Waals surface area contributed by atoms with E-state index in [4.69, 9.17) is 10.5 Å². The smallest absolute Gasteiger partial charge is 0.119 e. The molecule has 200 valence electrons. The van der Waals surface area contributed by atoms with Gasteiger partial charge in [-0.05, 0) is 73.2 Å². The van der Waals surface area contributed by atoms with Crippen molar-refractivity contribution in [3.63, 3.8) is 0 Å². The third-order valence-corrected chi connectivity index (χ3v) is 7.46. The summed E-state index contributed by atoms with van der Waals surface area (Å²) in [7, 11) is 1.71. The number of aromatic nitrogens is 3. The van der Waals surface area contributed by atoms with Crippen LogP contribution in [-0.4, -0.2) is 40.6 Å².